The molecule has 0 heterocycles. The number of rotatable bonds is 11. The fourth-order valence-electron chi connectivity index (χ4n) is 3.83. The SMILES string of the molecule is CC1(CCCCCc2ccc(CCCCC3(C)CC3)c(O)c2)CC1. The number of hydrogen-bond acceptors (Lipinski definition) is 1. The average Bonchev–Trinajstić information content (AvgIpc) is 3.46. The second-order valence-corrected chi connectivity index (χ2v) is 9.35. The molecule has 0 aromatic heterocycles. The Bertz CT molecular complexity index is 537. The molecule has 0 amide bonds. The van der Waals surface area contributed by atoms with E-state index in [0.717, 1.165) is 18.4 Å². The highest BCUT2D eigenvalue weighted by molar-refractivity contribution is 5.36. The van der Waals surface area contributed by atoms with Gasteiger partial charge in [-0.2, -0.15) is 0 Å². The molecule has 24 heavy (non-hydrogen) atoms. The standard InChI is InChI=1S/C23H36O/c1-22(14-15-22)12-6-3-4-8-19-10-11-20(21(24)18-19)9-5-7-13-23(2)16-17-23/h10-11,18,24H,3-9,12-17H2,1-2H3. The predicted octanol–water partition coefficient (Wildman–Crippen LogP) is 6.81. The molecule has 134 valence electrons. The van der Waals surface area contributed by atoms with Gasteiger partial charge in [0.2, 0.25) is 0 Å². The molecule has 1 aromatic carbocycles. The summed E-state index contributed by atoms with van der Waals surface area (Å²) < 4.78 is 0. The van der Waals surface area contributed by atoms with Gasteiger partial charge >= 0.3 is 0 Å². The summed E-state index contributed by atoms with van der Waals surface area (Å²) in [5.74, 6) is 0.524. The maximum Gasteiger partial charge on any atom is 0.119 e. The zero-order valence-corrected chi connectivity index (χ0v) is 15.9. The molecule has 0 spiro atoms. The normalized spacial score (nSPS) is 20.1. The maximum atomic E-state index is 10.3. The largest absolute Gasteiger partial charge is 0.508 e. The number of hydrogen-bond donors (Lipinski definition) is 1. The third-order valence-corrected chi connectivity index (χ3v) is 6.58. The van der Waals surface area contributed by atoms with Crippen molar-refractivity contribution in [2.24, 2.45) is 10.8 Å². The van der Waals surface area contributed by atoms with E-state index in [1.165, 1.54) is 76.2 Å². The molecule has 1 nitrogen and oxygen atoms in total. The van der Waals surface area contributed by atoms with Crippen LogP contribution in [0.25, 0.3) is 0 Å². The third kappa shape index (κ3) is 5.53. The van der Waals surface area contributed by atoms with Gasteiger partial charge in [0.25, 0.3) is 0 Å². The van der Waals surface area contributed by atoms with Gasteiger partial charge in [-0.05, 0) is 92.2 Å². The summed E-state index contributed by atoms with van der Waals surface area (Å²) in [6.45, 7) is 4.83. The van der Waals surface area contributed by atoms with E-state index in [9.17, 15) is 5.11 Å². The average molecular weight is 329 g/mol. The van der Waals surface area contributed by atoms with Crippen LogP contribution >= 0.6 is 0 Å². The van der Waals surface area contributed by atoms with Gasteiger partial charge in [-0.15, -0.1) is 0 Å². The molecule has 0 saturated heterocycles. The van der Waals surface area contributed by atoms with Crippen molar-refractivity contribution in [2.45, 2.75) is 97.3 Å². The molecular formula is C23H36O. The zero-order chi connectivity index (χ0) is 17.0. The minimum Gasteiger partial charge on any atom is -0.508 e. The third-order valence-electron chi connectivity index (χ3n) is 6.58. The van der Waals surface area contributed by atoms with Crippen LogP contribution in [0.15, 0.2) is 18.2 Å². The van der Waals surface area contributed by atoms with Crippen molar-refractivity contribution in [3.05, 3.63) is 29.3 Å². The van der Waals surface area contributed by atoms with Crippen molar-refractivity contribution < 1.29 is 5.11 Å². The minimum atomic E-state index is 0.524. The smallest absolute Gasteiger partial charge is 0.119 e. The Kier molecular flexibility index (Phi) is 5.57. The van der Waals surface area contributed by atoms with Crippen molar-refractivity contribution >= 4 is 0 Å². The summed E-state index contributed by atoms with van der Waals surface area (Å²) in [6.07, 6.45) is 17.1. The van der Waals surface area contributed by atoms with Crippen LogP contribution in [0.1, 0.15) is 95.6 Å². The zero-order valence-electron chi connectivity index (χ0n) is 15.9. The van der Waals surface area contributed by atoms with E-state index in [1.54, 1.807) is 0 Å². The van der Waals surface area contributed by atoms with Crippen LogP contribution in [-0.2, 0) is 12.8 Å². The summed E-state index contributed by atoms with van der Waals surface area (Å²) in [5.41, 5.74) is 3.82. The van der Waals surface area contributed by atoms with Gasteiger partial charge in [-0.3, -0.25) is 0 Å². The molecular weight excluding hydrogens is 292 g/mol. The Morgan fingerprint density at radius 2 is 1.38 bits per heavy atom. The van der Waals surface area contributed by atoms with Crippen molar-refractivity contribution in [3.63, 3.8) is 0 Å². The Hall–Kier alpha value is -0.980. The lowest BCUT2D eigenvalue weighted by molar-refractivity contribution is 0.458. The van der Waals surface area contributed by atoms with Crippen LogP contribution in [0, 0.1) is 10.8 Å². The molecule has 0 aliphatic heterocycles. The first-order chi connectivity index (χ1) is 11.5. The lowest BCUT2D eigenvalue weighted by Crippen LogP contribution is -1.95. The molecule has 0 bridgehead atoms. The first kappa shape index (κ1) is 17.8. The predicted molar refractivity (Wildman–Crippen MR) is 103 cm³/mol. The number of phenols is 1. The fourth-order valence-corrected chi connectivity index (χ4v) is 3.83. The highest BCUT2D eigenvalue weighted by Gasteiger charge is 2.36. The molecule has 1 N–H and O–H groups in total. The molecule has 2 saturated carbocycles. The van der Waals surface area contributed by atoms with E-state index in [4.69, 9.17) is 0 Å². The van der Waals surface area contributed by atoms with Gasteiger partial charge in [0.05, 0.1) is 0 Å². The number of phenolic OH excluding ortho intramolecular Hbond substituents is 1. The highest BCUT2D eigenvalue weighted by atomic mass is 16.3. The topological polar surface area (TPSA) is 20.2 Å². The molecule has 1 heteroatoms. The first-order valence-electron chi connectivity index (χ1n) is 10.3. The molecule has 0 unspecified atom stereocenters. The first-order valence-corrected chi connectivity index (χ1v) is 10.3. The van der Waals surface area contributed by atoms with E-state index in [0.29, 0.717) is 16.6 Å². The summed E-state index contributed by atoms with van der Waals surface area (Å²) in [5, 5.41) is 10.3. The number of aromatic hydroxyl groups is 1. The van der Waals surface area contributed by atoms with Crippen molar-refractivity contribution in [1.29, 1.82) is 0 Å². The fraction of sp³-hybridized carbons (Fsp3) is 0.739. The van der Waals surface area contributed by atoms with E-state index in [1.807, 2.05) is 6.07 Å². The van der Waals surface area contributed by atoms with Gasteiger partial charge in [-0.1, -0.05) is 45.2 Å². The summed E-state index contributed by atoms with van der Waals surface area (Å²) in [7, 11) is 0. The summed E-state index contributed by atoms with van der Waals surface area (Å²) in [4.78, 5) is 0. The highest BCUT2D eigenvalue weighted by Crippen LogP contribution is 2.49. The van der Waals surface area contributed by atoms with Crippen molar-refractivity contribution in [2.75, 3.05) is 0 Å². The Balaban J connectivity index is 1.32. The van der Waals surface area contributed by atoms with Crippen LogP contribution < -0.4 is 0 Å². The van der Waals surface area contributed by atoms with Gasteiger partial charge in [0.15, 0.2) is 0 Å². The van der Waals surface area contributed by atoms with E-state index < -0.39 is 0 Å². The number of unbranched alkanes of at least 4 members (excludes halogenated alkanes) is 3. The quantitative estimate of drug-likeness (QED) is 0.442. The molecule has 0 atom stereocenters. The number of benzene rings is 1. The summed E-state index contributed by atoms with van der Waals surface area (Å²) in [6, 6.07) is 6.41. The molecule has 1 aromatic rings. The molecule has 2 fully saturated rings. The molecule has 0 radical (unpaired) electrons. The summed E-state index contributed by atoms with van der Waals surface area (Å²) >= 11 is 0. The van der Waals surface area contributed by atoms with Crippen LogP contribution in [0.5, 0.6) is 5.75 Å². The van der Waals surface area contributed by atoms with Crippen LogP contribution in [0.4, 0.5) is 0 Å². The minimum absolute atomic E-state index is 0.524. The Labute approximate surface area is 148 Å². The van der Waals surface area contributed by atoms with Gasteiger partial charge in [0, 0.05) is 0 Å². The molecule has 2 aliphatic rings. The van der Waals surface area contributed by atoms with Gasteiger partial charge < -0.3 is 5.11 Å². The monoisotopic (exact) mass is 328 g/mol. The van der Waals surface area contributed by atoms with E-state index in [-0.39, 0.29) is 0 Å². The second kappa shape index (κ2) is 7.50. The molecule has 3 rings (SSSR count). The lowest BCUT2D eigenvalue weighted by Gasteiger charge is -2.10. The van der Waals surface area contributed by atoms with E-state index in [2.05, 4.69) is 26.0 Å². The number of aryl methyl sites for hydroxylation is 2. The Morgan fingerprint density at radius 3 is 1.96 bits per heavy atom. The van der Waals surface area contributed by atoms with Crippen LogP contribution in [0.3, 0.4) is 0 Å². The maximum absolute atomic E-state index is 10.3. The van der Waals surface area contributed by atoms with Gasteiger partial charge in [-0.25, -0.2) is 0 Å². The van der Waals surface area contributed by atoms with Crippen molar-refractivity contribution in [1.82, 2.24) is 0 Å². The lowest BCUT2D eigenvalue weighted by atomic mass is 9.97. The second-order valence-electron chi connectivity index (χ2n) is 9.35. The van der Waals surface area contributed by atoms with Crippen molar-refractivity contribution in [3.8, 4) is 5.75 Å². The molecule has 2 aliphatic carbocycles. The van der Waals surface area contributed by atoms with E-state index >= 15 is 0 Å². The van der Waals surface area contributed by atoms with Crippen LogP contribution in [0.2, 0.25) is 0 Å². The van der Waals surface area contributed by atoms with Gasteiger partial charge in [0.1, 0.15) is 5.75 Å². The Morgan fingerprint density at radius 1 is 0.792 bits per heavy atom. The van der Waals surface area contributed by atoms with Crippen LogP contribution in [-0.4, -0.2) is 5.11 Å².